The number of hydrogen-bond donors (Lipinski definition) is 1. The monoisotopic (exact) mass is 265 g/mol. The van der Waals surface area contributed by atoms with Gasteiger partial charge in [-0.15, -0.1) is 0 Å². The van der Waals surface area contributed by atoms with E-state index in [1.807, 2.05) is 18.5 Å². The van der Waals surface area contributed by atoms with Crippen LogP contribution in [0.2, 0.25) is 0 Å². The Labute approximate surface area is 114 Å². The van der Waals surface area contributed by atoms with Crippen molar-refractivity contribution in [3.05, 3.63) is 18.5 Å². The van der Waals surface area contributed by atoms with Crippen molar-refractivity contribution in [2.24, 2.45) is 5.92 Å². The van der Waals surface area contributed by atoms with Crippen LogP contribution < -0.4 is 5.32 Å². The van der Waals surface area contributed by atoms with Crippen molar-refractivity contribution in [2.45, 2.75) is 50.2 Å². The van der Waals surface area contributed by atoms with E-state index in [4.69, 9.17) is 0 Å². The Kier molecular flexibility index (Phi) is 5.94. The highest BCUT2D eigenvalue weighted by molar-refractivity contribution is 7.99. The predicted molar refractivity (Wildman–Crippen MR) is 76.8 cm³/mol. The van der Waals surface area contributed by atoms with Crippen LogP contribution in [0.25, 0.3) is 0 Å². The van der Waals surface area contributed by atoms with Crippen LogP contribution in [0.4, 0.5) is 0 Å². The lowest BCUT2D eigenvalue weighted by Gasteiger charge is -2.30. The summed E-state index contributed by atoms with van der Waals surface area (Å²) in [5, 5.41) is 4.55. The zero-order chi connectivity index (χ0) is 12.6. The van der Waals surface area contributed by atoms with E-state index in [1.165, 1.54) is 32.1 Å². The molecule has 0 aromatic carbocycles. The molecule has 0 bridgehead atoms. The van der Waals surface area contributed by atoms with Crippen LogP contribution in [-0.4, -0.2) is 28.3 Å². The highest BCUT2D eigenvalue weighted by atomic mass is 32.2. The van der Waals surface area contributed by atoms with Crippen LogP contribution in [0, 0.1) is 5.92 Å². The third-order valence-electron chi connectivity index (χ3n) is 3.62. The van der Waals surface area contributed by atoms with Crippen LogP contribution in [0.5, 0.6) is 0 Å². The van der Waals surface area contributed by atoms with Gasteiger partial charge in [0.1, 0.15) is 0 Å². The lowest BCUT2D eigenvalue weighted by molar-refractivity contribution is 0.288. The summed E-state index contributed by atoms with van der Waals surface area (Å²) >= 11 is 1.78. The fourth-order valence-electron chi connectivity index (χ4n) is 2.68. The van der Waals surface area contributed by atoms with E-state index >= 15 is 0 Å². The second kappa shape index (κ2) is 7.74. The van der Waals surface area contributed by atoms with E-state index in [0.717, 1.165) is 23.4 Å². The minimum atomic E-state index is 0.615. The van der Waals surface area contributed by atoms with Crippen molar-refractivity contribution < 1.29 is 0 Å². The molecule has 100 valence electrons. The maximum atomic E-state index is 4.28. The minimum absolute atomic E-state index is 0.615. The molecule has 1 aromatic heterocycles. The molecule has 4 heteroatoms. The van der Waals surface area contributed by atoms with Gasteiger partial charge in [-0.05, 0) is 31.4 Å². The van der Waals surface area contributed by atoms with Crippen molar-refractivity contribution in [2.75, 3.05) is 12.3 Å². The van der Waals surface area contributed by atoms with Crippen molar-refractivity contribution in [1.29, 1.82) is 0 Å². The first-order valence-corrected chi connectivity index (χ1v) is 8.02. The Morgan fingerprint density at radius 1 is 1.28 bits per heavy atom. The van der Waals surface area contributed by atoms with Crippen molar-refractivity contribution in [3.63, 3.8) is 0 Å². The van der Waals surface area contributed by atoms with Crippen molar-refractivity contribution in [3.8, 4) is 0 Å². The van der Waals surface area contributed by atoms with Gasteiger partial charge in [0, 0.05) is 24.2 Å². The van der Waals surface area contributed by atoms with Gasteiger partial charge in [0.25, 0.3) is 0 Å². The van der Waals surface area contributed by atoms with Gasteiger partial charge < -0.3 is 5.32 Å². The first-order valence-electron chi connectivity index (χ1n) is 7.03. The molecule has 1 aromatic rings. The molecule has 1 N–H and O–H groups in total. The lowest BCUT2D eigenvalue weighted by Crippen LogP contribution is -2.39. The SMILES string of the molecule is CCNC(CSc1ncccn1)C1CCCCC1. The summed E-state index contributed by atoms with van der Waals surface area (Å²) in [4.78, 5) is 8.56. The summed E-state index contributed by atoms with van der Waals surface area (Å²) in [5.74, 6) is 1.93. The fourth-order valence-corrected chi connectivity index (χ4v) is 3.67. The summed E-state index contributed by atoms with van der Waals surface area (Å²) in [6.07, 6.45) is 10.6. The predicted octanol–water partition coefficient (Wildman–Crippen LogP) is 3.13. The number of nitrogens with one attached hydrogen (secondary N) is 1. The molecule has 0 amide bonds. The first-order chi connectivity index (χ1) is 8.90. The highest BCUT2D eigenvalue weighted by Gasteiger charge is 2.23. The molecule has 1 aliphatic carbocycles. The standard InChI is InChI=1S/C14H23N3S/c1-2-15-13(12-7-4-3-5-8-12)11-18-14-16-9-6-10-17-14/h6,9-10,12-13,15H,2-5,7-8,11H2,1H3. The molecule has 1 saturated carbocycles. The molecule has 0 aliphatic heterocycles. The first kappa shape index (κ1) is 13.8. The fraction of sp³-hybridized carbons (Fsp3) is 0.714. The van der Waals surface area contributed by atoms with E-state index < -0.39 is 0 Å². The van der Waals surface area contributed by atoms with Gasteiger partial charge in [0.15, 0.2) is 5.16 Å². The third kappa shape index (κ3) is 4.25. The third-order valence-corrected chi connectivity index (χ3v) is 4.61. The summed E-state index contributed by atoms with van der Waals surface area (Å²) in [6.45, 7) is 3.25. The van der Waals surface area contributed by atoms with E-state index in [9.17, 15) is 0 Å². The lowest BCUT2D eigenvalue weighted by atomic mass is 9.84. The van der Waals surface area contributed by atoms with E-state index in [0.29, 0.717) is 6.04 Å². The molecule has 1 aliphatic rings. The van der Waals surface area contributed by atoms with E-state index in [-0.39, 0.29) is 0 Å². The smallest absolute Gasteiger partial charge is 0.187 e. The molecule has 1 atom stereocenters. The number of nitrogens with zero attached hydrogens (tertiary/aromatic N) is 2. The van der Waals surface area contributed by atoms with Crippen LogP contribution in [-0.2, 0) is 0 Å². The van der Waals surface area contributed by atoms with Crippen LogP contribution >= 0.6 is 11.8 Å². The average Bonchev–Trinajstić information content (AvgIpc) is 2.45. The maximum Gasteiger partial charge on any atom is 0.187 e. The van der Waals surface area contributed by atoms with Gasteiger partial charge in [0.05, 0.1) is 0 Å². The van der Waals surface area contributed by atoms with Crippen molar-refractivity contribution in [1.82, 2.24) is 15.3 Å². The molecule has 2 rings (SSSR count). The number of thioether (sulfide) groups is 1. The zero-order valence-electron chi connectivity index (χ0n) is 11.1. The molecule has 1 heterocycles. The van der Waals surface area contributed by atoms with Crippen LogP contribution in [0.1, 0.15) is 39.0 Å². The van der Waals surface area contributed by atoms with Gasteiger partial charge >= 0.3 is 0 Å². The van der Waals surface area contributed by atoms with E-state index in [1.54, 1.807) is 11.8 Å². The topological polar surface area (TPSA) is 37.8 Å². The molecule has 0 spiro atoms. The number of aromatic nitrogens is 2. The van der Waals surface area contributed by atoms with Crippen LogP contribution in [0.3, 0.4) is 0 Å². The summed E-state index contributed by atoms with van der Waals surface area (Å²) in [7, 11) is 0. The Morgan fingerprint density at radius 3 is 2.67 bits per heavy atom. The van der Waals surface area contributed by atoms with Gasteiger partial charge in [0.2, 0.25) is 0 Å². The molecule has 18 heavy (non-hydrogen) atoms. The number of rotatable bonds is 6. The summed E-state index contributed by atoms with van der Waals surface area (Å²) < 4.78 is 0. The Morgan fingerprint density at radius 2 is 2.00 bits per heavy atom. The second-order valence-electron chi connectivity index (χ2n) is 4.90. The van der Waals surface area contributed by atoms with Gasteiger partial charge in [-0.25, -0.2) is 9.97 Å². The zero-order valence-corrected chi connectivity index (χ0v) is 12.0. The Bertz CT molecular complexity index is 325. The summed E-state index contributed by atoms with van der Waals surface area (Å²) in [5.41, 5.74) is 0. The van der Waals surface area contributed by atoms with Gasteiger partial charge in [-0.3, -0.25) is 0 Å². The molecule has 1 unspecified atom stereocenters. The minimum Gasteiger partial charge on any atom is -0.313 e. The highest BCUT2D eigenvalue weighted by Crippen LogP contribution is 2.28. The molecular formula is C14H23N3S. The normalized spacial score (nSPS) is 18.7. The second-order valence-corrected chi connectivity index (χ2v) is 5.89. The Hall–Kier alpha value is -0.610. The molecule has 0 saturated heterocycles. The van der Waals surface area contributed by atoms with E-state index in [2.05, 4.69) is 22.2 Å². The van der Waals surface area contributed by atoms with Gasteiger partial charge in [-0.1, -0.05) is 37.9 Å². The van der Waals surface area contributed by atoms with Crippen LogP contribution in [0.15, 0.2) is 23.6 Å². The van der Waals surface area contributed by atoms with Gasteiger partial charge in [-0.2, -0.15) is 0 Å². The quantitative estimate of drug-likeness (QED) is 0.633. The summed E-state index contributed by atoms with van der Waals surface area (Å²) in [6, 6.07) is 2.48. The Balaban J connectivity index is 1.85. The van der Waals surface area contributed by atoms with Crippen molar-refractivity contribution >= 4 is 11.8 Å². The molecule has 0 radical (unpaired) electrons. The maximum absolute atomic E-state index is 4.28. The average molecular weight is 265 g/mol. The molecular weight excluding hydrogens is 242 g/mol. The molecule has 1 fully saturated rings. The molecule has 3 nitrogen and oxygen atoms in total. The number of hydrogen-bond acceptors (Lipinski definition) is 4. The largest absolute Gasteiger partial charge is 0.313 e.